The Labute approximate surface area is 127 Å². The van der Waals surface area contributed by atoms with E-state index in [9.17, 15) is 0 Å². The maximum Gasteiger partial charge on any atom is 0.167 e. The Hall–Kier alpha value is -1.81. The Morgan fingerprint density at radius 1 is 1.18 bits per heavy atom. The summed E-state index contributed by atoms with van der Waals surface area (Å²) < 4.78 is 24.1. The van der Waals surface area contributed by atoms with Crippen molar-refractivity contribution in [2.75, 3.05) is 33.7 Å². The molecular formula is C13H19N5O4. The Balaban J connectivity index is 2.00. The number of nitrogens with two attached hydrogens (primary N) is 1. The second-order valence-corrected chi connectivity index (χ2v) is 5.00. The number of rotatable bonds is 5. The lowest BCUT2D eigenvalue weighted by Gasteiger charge is -2.21. The van der Waals surface area contributed by atoms with E-state index in [1.165, 1.54) is 6.33 Å². The first-order valence-electron chi connectivity index (χ1n) is 6.84. The Morgan fingerprint density at radius 2 is 1.95 bits per heavy atom. The standard InChI is InChI=1S/C13H19N5O4/c1-19-4-7-9(20-2)10(21-3)13(22-7)18-6-17-8-11(14)15-5-16-12(8)18/h5-7,9-10,13H,4H2,1-3H3,(H2,14,15,16)/t7-,9-,10-,13-/m1/s1. The van der Waals surface area contributed by atoms with Crippen LogP contribution < -0.4 is 5.73 Å². The van der Waals surface area contributed by atoms with Crippen molar-refractivity contribution in [3.63, 3.8) is 0 Å². The lowest BCUT2D eigenvalue weighted by atomic mass is 10.1. The minimum atomic E-state index is -0.436. The normalized spacial score (nSPS) is 28.5. The molecule has 120 valence electrons. The third kappa shape index (κ3) is 2.31. The number of anilines is 1. The molecule has 0 aromatic carbocycles. The molecule has 1 fully saturated rings. The van der Waals surface area contributed by atoms with E-state index >= 15 is 0 Å². The Kier molecular flexibility index (Phi) is 4.21. The molecule has 0 bridgehead atoms. The van der Waals surface area contributed by atoms with Crippen molar-refractivity contribution in [3.05, 3.63) is 12.7 Å². The summed E-state index contributed by atoms with van der Waals surface area (Å²) in [5, 5.41) is 0. The largest absolute Gasteiger partial charge is 0.382 e. The molecule has 9 nitrogen and oxygen atoms in total. The van der Waals surface area contributed by atoms with Crippen molar-refractivity contribution >= 4 is 17.0 Å². The van der Waals surface area contributed by atoms with E-state index in [0.717, 1.165) is 0 Å². The van der Waals surface area contributed by atoms with Crippen LogP contribution in [0, 0.1) is 0 Å². The smallest absolute Gasteiger partial charge is 0.167 e. The Morgan fingerprint density at radius 3 is 2.64 bits per heavy atom. The van der Waals surface area contributed by atoms with Crippen molar-refractivity contribution in [3.8, 4) is 0 Å². The topological polar surface area (TPSA) is 107 Å². The van der Waals surface area contributed by atoms with Gasteiger partial charge in [0.15, 0.2) is 17.7 Å². The molecule has 4 atom stereocenters. The second-order valence-electron chi connectivity index (χ2n) is 5.00. The summed E-state index contributed by atoms with van der Waals surface area (Å²) in [5.74, 6) is 0.326. The van der Waals surface area contributed by atoms with Gasteiger partial charge in [0.2, 0.25) is 0 Å². The molecule has 2 aromatic rings. The monoisotopic (exact) mass is 309 g/mol. The van der Waals surface area contributed by atoms with Crippen LogP contribution in [0.25, 0.3) is 11.2 Å². The predicted molar refractivity (Wildman–Crippen MR) is 77.1 cm³/mol. The summed E-state index contributed by atoms with van der Waals surface area (Å²) in [6.07, 6.45) is 1.75. The van der Waals surface area contributed by atoms with Gasteiger partial charge in [0.05, 0.1) is 12.9 Å². The van der Waals surface area contributed by atoms with Crippen LogP contribution in [0.3, 0.4) is 0 Å². The molecule has 3 heterocycles. The van der Waals surface area contributed by atoms with Gasteiger partial charge in [-0.15, -0.1) is 0 Å². The maximum absolute atomic E-state index is 6.05. The number of nitrogen functional groups attached to an aromatic ring is 1. The number of nitrogens with zero attached hydrogens (tertiary/aromatic N) is 4. The molecule has 2 aromatic heterocycles. The van der Waals surface area contributed by atoms with Gasteiger partial charge in [-0.1, -0.05) is 0 Å². The van der Waals surface area contributed by atoms with Crippen molar-refractivity contribution in [1.82, 2.24) is 19.5 Å². The molecule has 1 saturated heterocycles. The molecule has 0 radical (unpaired) electrons. The first kappa shape index (κ1) is 15.1. The zero-order valence-electron chi connectivity index (χ0n) is 12.7. The fourth-order valence-corrected chi connectivity index (χ4v) is 2.82. The van der Waals surface area contributed by atoms with Gasteiger partial charge in [-0.05, 0) is 0 Å². The SMILES string of the molecule is COC[C@H]1O[C@@H](n2cnc3c(N)ncnc32)[C@H](OC)[C@@H]1OC. The summed E-state index contributed by atoms with van der Waals surface area (Å²) >= 11 is 0. The fourth-order valence-electron chi connectivity index (χ4n) is 2.82. The number of hydrogen-bond acceptors (Lipinski definition) is 8. The lowest BCUT2D eigenvalue weighted by molar-refractivity contribution is -0.0636. The van der Waals surface area contributed by atoms with E-state index in [1.54, 1.807) is 32.2 Å². The molecule has 9 heteroatoms. The van der Waals surface area contributed by atoms with E-state index in [-0.39, 0.29) is 18.3 Å². The van der Waals surface area contributed by atoms with Crippen LogP contribution in [0.1, 0.15) is 6.23 Å². The van der Waals surface area contributed by atoms with Crippen molar-refractivity contribution in [1.29, 1.82) is 0 Å². The average Bonchev–Trinajstić information content (AvgIpc) is 3.09. The van der Waals surface area contributed by atoms with Gasteiger partial charge in [-0.3, -0.25) is 4.57 Å². The number of methoxy groups -OCH3 is 3. The van der Waals surface area contributed by atoms with Gasteiger partial charge in [0.25, 0.3) is 0 Å². The van der Waals surface area contributed by atoms with Crippen LogP contribution in [-0.4, -0.2) is 65.8 Å². The van der Waals surface area contributed by atoms with E-state index in [1.807, 2.05) is 0 Å². The predicted octanol–water partition coefficient (Wildman–Crippen LogP) is -0.0177. The minimum Gasteiger partial charge on any atom is -0.382 e. The highest BCUT2D eigenvalue weighted by atomic mass is 16.6. The van der Waals surface area contributed by atoms with Gasteiger partial charge in [0.1, 0.15) is 30.2 Å². The summed E-state index contributed by atoms with van der Waals surface area (Å²) in [6.45, 7) is 0.401. The molecular weight excluding hydrogens is 290 g/mol. The third-order valence-electron chi connectivity index (χ3n) is 3.82. The van der Waals surface area contributed by atoms with Crippen LogP contribution in [0.2, 0.25) is 0 Å². The van der Waals surface area contributed by atoms with E-state index in [0.29, 0.717) is 23.6 Å². The van der Waals surface area contributed by atoms with Gasteiger partial charge < -0.3 is 24.7 Å². The molecule has 2 N–H and O–H groups in total. The highest BCUT2D eigenvalue weighted by Crippen LogP contribution is 2.35. The summed E-state index contributed by atoms with van der Waals surface area (Å²) in [5.41, 5.74) is 6.94. The number of imidazole rings is 1. The number of hydrogen-bond donors (Lipinski definition) is 1. The first-order valence-corrected chi connectivity index (χ1v) is 6.84. The van der Waals surface area contributed by atoms with Crippen LogP contribution in [0.4, 0.5) is 5.82 Å². The molecule has 0 saturated carbocycles. The Bertz CT molecular complexity index is 648. The highest BCUT2D eigenvalue weighted by Gasteiger charge is 2.46. The van der Waals surface area contributed by atoms with Crippen molar-refractivity contribution in [2.45, 2.75) is 24.5 Å². The number of ether oxygens (including phenoxy) is 4. The molecule has 1 aliphatic rings. The average molecular weight is 309 g/mol. The molecule has 0 amide bonds. The minimum absolute atomic E-state index is 0.249. The third-order valence-corrected chi connectivity index (χ3v) is 3.82. The van der Waals surface area contributed by atoms with Gasteiger partial charge >= 0.3 is 0 Å². The molecule has 0 aliphatic carbocycles. The maximum atomic E-state index is 6.05. The lowest BCUT2D eigenvalue weighted by Crippen LogP contribution is -2.36. The molecule has 0 spiro atoms. The molecule has 3 rings (SSSR count). The first-order chi connectivity index (χ1) is 10.7. The van der Waals surface area contributed by atoms with Crippen LogP contribution in [0.5, 0.6) is 0 Å². The van der Waals surface area contributed by atoms with Crippen LogP contribution >= 0.6 is 0 Å². The number of aromatic nitrogens is 4. The number of fused-ring (bicyclic) bond motifs is 1. The fraction of sp³-hybridized carbons (Fsp3) is 0.615. The van der Waals surface area contributed by atoms with E-state index in [4.69, 9.17) is 24.7 Å². The van der Waals surface area contributed by atoms with E-state index in [2.05, 4.69) is 15.0 Å². The highest BCUT2D eigenvalue weighted by molar-refractivity contribution is 5.81. The van der Waals surface area contributed by atoms with Crippen molar-refractivity contribution in [2.24, 2.45) is 0 Å². The summed E-state index contributed by atoms with van der Waals surface area (Å²) in [4.78, 5) is 12.4. The van der Waals surface area contributed by atoms with Gasteiger partial charge in [0, 0.05) is 21.3 Å². The molecule has 1 aliphatic heterocycles. The quantitative estimate of drug-likeness (QED) is 0.821. The second kappa shape index (κ2) is 6.13. The van der Waals surface area contributed by atoms with Gasteiger partial charge in [-0.2, -0.15) is 0 Å². The summed E-state index contributed by atoms with van der Waals surface area (Å²) in [6, 6.07) is 0. The van der Waals surface area contributed by atoms with Crippen LogP contribution in [-0.2, 0) is 18.9 Å². The molecule has 22 heavy (non-hydrogen) atoms. The van der Waals surface area contributed by atoms with Crippen molar-refractivity contribution < 1.29 is 18.9 Å². The zero-order valence-corrected chi connectivity index (χ0v) is 12.7. The summed E-state index contributed by atoms with van der Waals surface area (Å²) in [7, 11) is 4.85. The van der Waals surface area contributed by atoms with Crippen LogP contribution in [0.15, 0.2) is 12.7 Å². The zero-order chi connectivity index (χ0) is 15.7. The molecule has 0 unspecified atom stereocenters. The van der Waals surface area contributed by atoms with Gasteiger partial charge in [-0.25, -0.2) is 15.0 Å². The van der Waals surface area contributed by atoms with E-state index < -0.39 is 6.23 Å².